The molecular weight excluding hydrogens is 232 g/mol. The largest absolute Gasteiger partial charge is 0.381 e. The Morgan fingerprint density at radius 2 is 2.22 bits per heavy atom. The van der Waals surface area contributed by atoms with Crippen LogP contribution in [0.4, 0.5) is 0 Å². The third-order valence-corrected chi connectivity index (χ3v) is 3.82. The molecule has 0 aromatic rings. The maximum absolute atomic E-state index is 12.4. The fourth-order valence-corrected chi connectivity index (χ4v) is 2.66. The third-order valence-electron chi connectivity index (χ3n) is 3.82. The summed E-state index contributed by atoms with van der Waals surface area (Å²) in [6, 6.07) is -0.376. The van der Waals surface area contributed by atoms with Gasteiger partial charge < -0.3 is 15.0 Å². The minimum Gasteiger partial charge on any atom is -0.381 e. The molecular formula is C13H22N2O3. The van der Waals surface area contributed by atoms with Crippen LogP contribution < -0.4 is 5.32 Å². The Kier molecular flexibility index (Phi) is 4.22. The van der Waals surface area contributed by atoms with Crippen molar-refractivity contribution in [1.82, 2.24) is 10.2 Å². The summed E-state index contributed by atoms with van der Waals surface area (Å²) in [4.78, 5) is 25.9. The van der Waals surface area contributed by atoms with E-state index < -0.39 is 0 Å². The molecule has 0 aromatic heterocycles. The van der Waals surface area contributed by atoms with Gasteiger partial charge in [0.25, 0.3) is 0 Å². The number of hydrogen-bond donors (Lipinski definition) is 1. The van der Waals surface area contributed by atoms with Gasteiger partial charge in [0.15, 0.2) is 0 Å². The summed E-state index contributed by atoms with van der Waals surface area (Å²) in [5.74, 6) is 0.456. The van der Waals surface area contributed by atoms with Crippen molar-refractivity contribution in [3.8, 4) is 0 Å². The zero-order valence-corrected chi connectivity index (χ0v) is 11.1. The molecule has 2 saturated heterocycles. The minimum absolute atomic E-state index is 0.0188. The molecule has 1 N–H and O–H groups in total. The highest BCUT2D eigenvalue weighted by molar-refractivity contribution is 5.90. The smallest absolute Gasteiger partial charge is 0.245 e. The minimum atomic E-state index is -0.357. The summed E-state index contributed by atoms with van der Waals surface area (Å²) < 4.78 is 5.35. The van der Waals surface area contributed by atoms with Crippen LogP contribution in [-0.4, -0.2) is 48.6 Å². The molecule has 0 radical (unpaired) electrons. The standard InChI is InChI=1S/C13H22N2O3/c1-3-11-13(17)15(7-10-4-5-18-8-10)9(2)6-12(16)14-11/h9-11H,3-8H2,1-2H3,(H,14,16). The van der Waals surface area contributed by atoms with Gasteiger partial charge in [-0.3, -0.25) is 9.59 Å². The molecule has 2 amide bonds. The molecule has 5 nitrogen and oxygen atoms in total. The molecule has 18 heavy (non-hydrogen) atoms. The number of nitrogens with one attached hydrogen (secondary N) is 1. The average Bonchev–Trinajstić information content (AvgIpc) is 2.81. The van der Waals surface area contributed by atoms with E-state index in [2.05, 4.69) is 5.32 Å². The predicted octanol–water partition coefficient (Wildman–Crippen LogP) is 0.538. The van der Waals surface area contributed by atoms with E-state index in [4.69, 9.17) is 4.74 Å². The Morgan fingerprint density at radius 3 is 2.83 bits per heavy atom. The molecule has 0 aliphatic carbocycles. The monoisotopic (exact) mass is 254 g/mol. The van der Waals surface area contributed by atoms with Gasteiger partial charge in [0.1, 0.15) is 6.04 Å². The lowest BCUT2D eigenvalue weighted by Gasteiger charge is -2.30. The second kappa shape index (κ2) is 5.69. The van der Waals surface area contributed by atoms with Gasteiger partial charge >= 0.3 is 0 Å². The van der Waals surface area contributed by atoms with Crippen LogP contribution in [0.3, 0.4) is 0 Å². The lowest BCUT2D eigenvalue weighted by atomic mass is 10.1. The van der Waals surface area contributed by atoms with E-state index in [1.807, 2.05) is 18.7 Å². The first kappa shape index (κ1) is 13.3. The molecule has 2 aliphatic heterocycles. The highest BCUT2D eigenvalue weighted by Crippen LogP contribution is 2.19. The summed E-state index contributed by atoms with van der Waals surface area (Å²) in [6.45, 7) is 6.11. The Bertz CT molecular complexity index is 326. The Morgan fingerprint density at radius 1 is 1.44 bits per heavy atom. The quantitative estimate of drug-likeness (QED) is 0.799. The molecule has 2 aliphatic rings. The third kappa shape index (κ3) is 2.83. The Labute approximate surface area is 108 Å². The number of rotatable bonds is 3. The van der Waals surface area contributed by atoms with Crippen LogP contribution >= 0.6 is 0 Å². The van der Waals surface area contributed by atoms with Crippen LogP contribution in [-0.2, 0) is 14.3 Å². The van der Waals surface area contributed by atoms with Crippen LogP contribution in [0.2, 0.25) is 0 Å². The van der Waals surface area contributed by atoms with Crippen LogP contribution in [0.25, 0.3) is 0 Å². The molecule has 2 fully saturated rings. The first-order valence-electron chi connectivity index (χ1n) is 6.79. The average molecular weight is 254 g/mol. The van der Waals surface area contributed by atoms with Gasteiger partial charge in [0, 0.05) is 31.5 Å². The SMILES string of the molecule is CCC1NC(=O)CC(C)N(CC2CCOC2)C1=O. The van der Waals surface area contributed by atoms with Crippen molar-refractivity contribution in [1.29, 1.82) is 0 Å². The van der Waals surface area contributed by atoms with Crippen molar-refractivity contribution in [2.45, 2.75) is 45.2 Å². The van der Waals surface area contributed by atoms with Crippen LogP contribution in [0.1, 0.15) is 33.1 Å². The zero-order valence-electron chi connectivity index (χ0n) is 11.1. The number of carbonyl (C=O) groups is 2. The van der Waals surface area contributed by atoms with Crippen molar-refractivity contribution in [3.05, 3.63) is 0 Å². The van der Waals surface area contributed by atoms with Gasteiger partial charge in [-0.1, -0.05) is 6.92 Å². The van der Waals surface area contributed by atoms with Gasteiger partial charge in [-0.2, -0.15) is 0 Å². The van der Waals surface area contributed by atoms with Gasteiger partial charge in [-0.15, -0.1) is 0 Å². The van der Waals surface area contributed by atoms with E-state index in [1.165, 1.54) is 0 Å². The van der Waals surface area contributed by atoms with Gasteiger partial charge in [-0.25, -0.2) is 0 Å². The molecule has 2 heterocycles. The molecule has 102 valence electrons. The van der Waals surface area contributed by atoms with E-state index >= 15 is 0 Å². The normalized spacial score (nSPS) is 33.4. The van der Waals surface area contributed by atoms with E-state index in [0.29, 0.717) is 25.3 Å². The van der Waals surface area contributed by atoms with Gasteiger partial charge in [-0.05, 0) is 19.8 Å². The Hall–Kier alpha value is -1.10. The summed E-state index contributed by atoms with van der Waals surface area (Å²) in [5.41, 5.74) is 0. The zero-order chi connectivity index (χ0) is 13.1. The van der Waals surface area contributed by atoms with Crippen LogP contribution in [0, 0.1) is 5.92 Å². The molecule has 3 atom stereocenters. The highest BCUT2D eigenvalue weighted by atomic mass is 16.5. The molecule has 0 bridgehead atoms. The second-order valence-electron chi connectivity index (χ2n) is 5.30. The van der Waals surface area contributed by atoms with Crippen molar-refractivity contribution in [2.24, 2.45) is 5.92 Å². The molecule has 0 saturated carbocycles. The number of ether oxygens (including phenoxy) is 1. The summed E-state index contributed by atoms with van der Waals surface area (Å²) in [6.07, 6.45) is 2.06. The molecule has 0 spiro atoms. The lowest BCUT2D eigenvalue weighted by molar-refractivity contribution is -0.135. The van der Waals surface area contributed by atoms with Crippen LogP contribution in [0.5, 0.6) is 0 Å². The van der Waals surface area contributed by atoms with E-state index in [9.17, 15) is 9.59 Å². The highest BCUT2D eigenvalue weighted by Gasteiger charge is 2.34. The molecule has 5 heteroatoms. The van der Waals surface area contributed by atoms with Crippen molar-refractivity contribution in [2.75, 3.05) is 19.8 Å². The Balaban J connectivity index is 2.08. The number of hydrogen-bond acceptors (Lipinski definition) is 3. The fraction of sp³-hybridized carbons (Fsp3) is 0.846. The second-order valence-corrected chi connectivity index (χ2v) is 5.30. The van der Waals surface area contributed by atoms with Crippen molar-refractivity contribution in [3.63, 3.8) is 0 Å². The number of nitrogens with zero attached hydrogens (tertiary/aromatic N) is 1. The lowest BCUT2D eigenvalue weighted by Crippen LogP contribution is -2.47. The number of carbonyl (C=O) groups excluding carboxylic acids is 2. The van der Waals surface area contributed by atoms with Crippen molar-refractivity contribution >= 4 is 11.8 Å². The predicted molar refractivity (Wildman–Crippen MR) is 66.9 cm³/mol. The molecule has 0 aromatic carbocycles. The number of amides is 2. The fourth-order valence-electron chi connectivity index (χ4n) is 2.66. The van der Waals surface area contributed by atoms with Gasteiger partial charge in [0.2, 0.25) is 11.8 Å². The van der Waals surface area contributed by atoms with E-state index in [1.54, 1.807) is 0 Å². The summed E-state index contributed by atoms with van der Waals surface area (Å²) in [5, 5.41) is 2.80. The maximum Gasteiger partial charge on any atom is 0.245 e. The van der Waals surface area contributed by atoms with E-state index in [0.717, 1.165) is 19.6 Å². The van der Waals surface area contributed by atoms with Gasteiger partial charge in [0.05, 0.1) is 6.61 Å². The van der Waals surface area contributed by atoms with Crippen LogP contribution in [0.15, 0.2) is 0 Å². The molecule has 3 unspecified atom stereocenters. The first-order chi connectivity index (χ1) is 8.61. The topological polar surface area (TPSA) is 58.6 Å². The maximum atomic E-state index is 12.4. The first-order valence-corrected chi connectivity index (χ1v) is 6.79. The van der Waals surface area contributed by atoms with Crippen molar-refractivity contribution < 1.29 is 14.3 Å². The summed E-state index contributed by atoms with van der Waals surface area (Å²) >= 11 is 0. The molecule has 2 rings (SSSR count). The summed E-state index contributed by atoms with van der Waals surface area (Å²) in [7, 11) is 0. The van der Waals surface area contributed by atoms with E-state index in [-0.39, 0.29) is 23.9 Å².